The molecule has 10 heteroatoms. The molecule has 1 N–H and O–H groups in total. The van der Waals surface area contributed by atoms with Gasteiger partial charge >= 0.3 is 0 Å². The van der Waals surface area contributed by atoms with E-state index in [1.807, 2.05) is 18.2 Å². The molecule has 1 aliphatic rings. The van der Waals surface area contributed by atoms with Gasteiger partial charge in [-0.3, -0.25) is 14.9 Å². The predicted molar refractivity (Wildman–Crippen MR) is 136 cm³/mol. The van der Waals surface area contributed by atoms with E-state index in [4.69, 9.17) is 9.15 Å². The third-order valence-corrected chi connectivity index (χ3v) is 6.55. The van der Waals surface area contributed by atoms with Crippen molar-refractivity contribution in [3.63, 3.8) is 0 Å². The smallest absolute Gasteiger partial charge is 0.270 e. The van der Waals surface area contributed by atoms with Crippen LogP contribution < -0.4 is 15.0 Å². The number of aromatic nitrogens is 1. The molecule has 0 atom stereocenters. The Morgan fingerprint density at radius 1 is 1.14 bits per heavy atom. The minimum Gasteiger partial charge on any atom is -0.496 e. The second-order valence-corrected chi connectivity index (χ2v) is 9.01. The fourth-order valence-electron chi connectivity index (χ4n) is 4.18. The van der Waals surface area contributed by atoms with Gasteiger partial charge < -0.3 is 19.4 Å². The highest BCUT2D eigenvalue weighted by atomic mass is 79.9. The number of fused-ring (bicyclic) bond motifs is 1. The molecular weight excluding hydrogens is 516 g/mol. The van der Waals surface area contributed by atoms with Gasteiger partial charge in [-0.15, -0.1) is 0 Å². The molecule has 0 aliphatic carbocycles. The lowest BCUT2D eigenvalue weighted by atomic mass is 10.1. The normalized spacial score (nSPS) is 13.3. The highest BCUT2D eigenvalue weighted by molar-refractivity contribution is 9.10. The molecule has 1 fully saturated rings. The molecule has 9 nitrogen and oxygen atoms in total. The van der Waals surface area contributed by atoms with E-state index in [1.165, 1.54) is 12.1 Å². The van der Waals surface area contributed by atoms with Crippen LogP contribution in [0.1, 0.15) is 23.2 Å². The van der Waals surface area contributed by atoms with Gasteiger partial charge in [0.25, 0.3) is 11.6 Å². The number of nitro benzene ring substituents is 1. The van der Waals surface area contributed by atoms with Crippen LogP contribution in [-0.2, 0) is 0 Å². The number of amides is 1. The van der Waals surface area contributed by atoms with Crippen LogP contribution in [0.5, 0.6) is 5.75 Å². The number of nitrogens with zero attached hydrogens (tertiary/aromatic N) is 3. The molecule has 4 aromatic rings. The van der Waals surface area contributed by atoms with Crippen LogP contribution in [0.2, 0.25) is 0 Å². The summed E-state index contributed by atoms with van der Waals surface area (Å²) in [6.07, 6.45) is 2.04. The first-order valence-electron chi connectivity index (χ1n) is 11.0. The SMILES string of the molecule is COc1ccc(-c2nc3cc(NC(=O)c4cc([N+](=O)[O-])ccc4N4CCCC4)ccc3o2)cc1Br. The molecule has 0 saturated carbocycles. The first-order chi connectivity index (χ1) is 16.9. The van der Waals surface area contributed by atoms with Crippen molar-refractivity contribution in [3.8, 4) is 17.2 Å². The van der Waals surface area contributed by atoms with Crippen LogP contribution in [-0.4, -0.2) is 36.0 Å². The number of nitrogens with one attached hydrogen (secondary N) is 1. The van der Waals surface area contributed by atoms with E-state index in [1.54, 1.807) is 31.4 Å². The molecule has 2 heterocycles. The topological polar surface area (TPSA) is 111 Å². The van der Waals surface area contributed by atoms with Gasteiger partial charge in [0.15, 0.2) is 5.58 Å². The van der Waals surface area contributed by atoms with Gasteiger partial charge in [0.2, 0.25) is 5.89 Å². The molecular formula is C25H21BrN4O5. The highest BCUT2D eigenvalue weighted by Gasteiger charge is 2.23. The zero-order chi connectivity index (χ0) is 24.5. The van der Waals surface area contributed by atoms with Crippen molar-refractivity contribution in [2.45, 2.75) is 12.8 Å². The Hall–Kier alpha value is -3.92. The number of halogens is 1. The molecule has 5 rings (SSSR count). The Labute approximate surface area is 209 Å². The average molecular weight is 537 g/mol. The van der Waals surface area contributed by atoms with Crippen molar-refractivity contribution in [1.29, 1.82) is 0 Å². The van der Waals surface area contributed by atoms with E-state index in [0.29, 0.717) is 34.1 Å². The van der Waals surface area contributed by atoms with Gasteiger partial charge in [-0.05, 0) is 71.2 Å². The first kappa shape index (κ1) is 22.9. The zero-order valence-corrected chi connectivity index (χ0v) is 20.4. The maximum atomic E-state index is 13.2. The number of hydrogen-bond donors (Lipinski definition) is 1. The third kappa shape index (κ3) is 4.57. The second-order valence-electron chi connectivity index (χ2n) is 8.16. The summed E-state index contributed by atoms with van der Waals surface area (Å²) in [6, 6.07) is 15.1. The van der Waals surface area contributed by atoms with Gasteiger partial charge in [0.05, 0.1) is 27.8 Å². The highest BCUT2D eigenvalue weighted by Crippen LogP contribution is 2.33. The van der Waals surface area contributed by atoms with Crippen molar-refractivity contribution in [1.82, 2.24) is 4.98 Å². The number of methoxy groups -OCH3 is 1. The minimum atomic E-state index is -0.495. The van der Waals surface area contributed by atoms with Crippen molar-refractivity contribution in [3.05, 3.63) is 74.7 Å². The third-order valence-electron chi connectivity index (χ3n) is 5.93. The van der Waals surface area contributed by atoms with Gasteiger partial charge in [0.1, 0.15) is 11.3 Å². The fraction of sp³-hybridized carbons (Fsp3) is 0.200. The standard InChI is InChI=1S/C25H21BrN4O5/c1-34-22-8-4-15(12-19(22)26)25-28-20-13-16(5-9-23(20)35-25)27-24(31)18-14-17(30(32)33)6-7-21(18)29-10-2-3-11-29/h4-9,12-14H,2-3,10-11H2,1H3,(H,27,31). The monoisotopic (exact) mass is 536 g/mol. The Kier molecular flexibility index (Phi) is 6.12. The number of ether oxygens (including phenoxy) is 1. The molecule has 1 saturated heterocycles. The number of anilines is 2. The summed E-state index contributed by atoms with van der Waals surface area (Å²) < 4.78 is 11.9. The molecule has 1 amide bonds. The van der Waals surface area contributed by atoms with Crippen LogP contribution in [0, 0.1) is 10.1 Å². The lowest BCUT2D eigenvalue weighted by molar-refractivity contribution is -0.384. The molecule has 1 aliphatic heterocycles. The van der Waals surface area contributed by atoms with Gasteiger partial charge in [0, 0.05) is 36.5 Å². The Balaban J connectivity index is 1.44. The second kappa shape index (κ2) is 9.38. The van der Waals surface area contributed by atoms with E-state index < -0.39 is 10.8 Å². The van der Waals surface area contributed by atoms with Gasteiger partial charge in [-0.25, -0.2) is 4.98 Å². The molecule has 3 aromatic carbocycles. The largest absolute Gasteiger partial charge is 0.496 e. The van der Waals surface area contributed by atoms with Gasteiger partial charge in [-0.1, -0.05) is 0 Å². The lowest BCUT2D eigenvalue weighted by Crippen LogP contribution is -2.23. The lowest BCUT2D eigenvalue weighted by Gasteiger charge is -2.20. The summed E-state index contributed by atoms with van der Waals surface area (Å²) in [5.41, 5.74) is 3.26. The van der Waals surface area contributed by atoms with E-state index >= 15 is 0 Å². The van der Waals surface area contributed by atoms with Crippen LogP contribution in [0.3, 0.4) is 0 Å². The number of benzene rings is 3. The molecule has 0 spiro atoms. The zero-order valence-electron chi connectivity index (χ0n) is 18.8. The number of hydrogen-bond acceptors (Lipinski definition) is 7. The first-order valence-corrected chi connectivity index (χ1v) is 11.8. The van der Waals surface area contributed by atoms with E-state index in [0.717, 1.165) is 36.0 Å². The van der Waals surface area contributed by atoms with E-state index in [9.17, 15) is 14.9 Å². The molecule has 0 bridgehead atoms. The average Bonchev–Trinajstić information content (AvgIpc) is 3.53. The Morgan fingerprint density at radius 2 is 1.94 bits per heavy atom. The number of rotatable bonds is 6. The summed E-state index contributed by atoms with van der Waals surface area (Å²) in [7, 11) is 1.59. The van der Waals surface area contributed by atoms with Crippen molar-refractivity contribution >= 4 is 50.0 Å². The van der Waals surface area contributed by atoms with Crippen molar-refractivity contribution in [2.24, 2.45) is 0 Å². The summed E-state index contributed by atoms with van der Waals surface area (Å²) >= 11 is 3.47. The Bertz CT molecular complexity index is 1450. The number of oxazole rings is 1. The number of nitro groups is 1. The summed E-state index contributed by atoms with van der Waals surface area (Å²) in [6.45, 7) is 1.63. The van der Waals surface area contributed by atoms with Crippen LogP contribution in [0.15, 0.2) is 63.5 Å². The fourth-order valence-corrected chi connectivity index (χ4v) is 4.72. The summed E-state index contributed by atoms with van der Waals surface area (Å²) in [5.74, 6) is 0.712. The van der Waals surface area contributed by atoms with Crippen LogP contribution >= 0.6 is 15.9 Å². The quantitative estimate of drug-likeness (QED) is 0.236. The van der Waals surface area contributed by atoms with Gasteiger partial charge in [-0.2, -0.15) is 0 Å². The number of carbonyl (C=O) groups excluding carboxylic acids is 1. The maximum absolute atomic E-state index is 13.2. The van der Waals surface area contributed by atoms with Crippen LogP contribution in [0.25, 0.3) is 22.6 Å². The minimum absolute atomic E-state index is 0.125. The molecule has 35 heavy (non-hydrogen) atoms. The number of non-ortho nitro benzene ring substituents is 1. The van der Waals surface area contributed by atoms with E-state index in [-0.39, 0.29) is 11.3 Å². The molecule has 1 aromatic heterocycles. The molecule has 178 valence electrons. The van der Waals surface area contributed by atoms with E-state index in [2.05, 4.69) is 31.1 Å². The van der Waals surface area contributed by atoms with Crippen molar-refractivity contribution < 1.29 is 18.9 Å². The number of carbonyl (C=O) groups is 1. The van der Waals surface area contributed by atoms with Crippen LogP contribution in [0.4, 0.5) is 17.1 Å². The predicted octanol–water partition coefficient (Wildman–Crippen LogP) is 6.03. The maximum Gasteiger partial charge on any atom is 0.270 e. The summed E-state index contributed by atoms with van der Waals surface area (Å²) in [4.78, 5) is 30.7. The summed E-state index contributed by atoms with van der Waals surface area (Å²) in [5, 5.41) is 14.2. The van der Waals surface area contributed by atoms with Crippen molar-refractivity contribution in [2.75, 3.05) is 30.4 Å². The molecule has 0 radical (unpaired) electrons. The molecule has 0 unspecified atom stereocenters. The Morgan fingerprint density at radius 3 is 2.66 bits per heavy atom.